The molecule has 0 saturated heterocycles. The molecule has 0 spiro atoms. The van der Waals surface area contributed by atoms with Crippen LogP contribution in [0.5, 0.6) is 0 Å². The van der Waals surface area contributed by atoms with Gasteiger partial charge in [0.05, 0.1) is 6.04 Å². The SMILES string of the molecule is CCNC(=O)NC(=O)[C@H](N[C@H](c1ccc(C)cc1)c1cccs1)c1ccccc1. The largest absolute Gasteiger partial charge is 0.338 e. The molecular weight excluding hydrogens is 382 g/mol. The zero-order valence-electron chi connectivity index (χ0n) is 16.5. The standard InChI is InChI=1S/C23H25N3O2S/c1-3-24-23(28)26-22(27)21(17-8-5-4-6-9-17)25-20(19-10-7-15-29-19)18-13-11-16(2)12-14-18/h4-15,20-21,25H,3H2,1-2H3,(H2,24,26,27,28)/t20-,21-/m1/s1. The lowest BCUT2D eigenvalue weighted by Gasteiger charge is -2.25. The summed E-state index contributed by atoms with van der Waals surface area (Å²) in [7, 11) is 0. The Morgan fingerprint density at radius 2 is 1.66 bits per heavy atom. The van der Waals surface area contributed by atoms with Crippen molar-refractivity contribution >= 4 is 23.3 Å². The Hall–Kier alpha value is -2.96. The Kier molecular flexibility index (Phi) is 7.16. The number of benzene rings is 2. The molecule has 0 aliphatic heterocycles. The van der Waals surface area contributed by atoms with Gasteiger partial charge in [-0.15, -0.1) is 11.3 Å². The van der Waals surface area contributed by atoms with Crippen molar-refractivity contribution in [2.75, 3.05) is 6.54 Å². The maximum Gasteiger partial charge on any atom is 0.321 e. The van der Waals surface area contributed by atoms with E-state index in [4.69, 9.17) is 0 Å². The van der Waals surface area contributed by atoms with E-state index in [1.165, 1.54) is 5.56 Å². The highest BCUT2D eigenvalue weighted by atomic mass is 32.1. The molecule has 1 aromatic heterocycles. The van der Waals surface area contributed by atoms with E-state index in [1.807, 2.05) is 54.8 Å². The van der Waals surface area contributed by atoms with E-state index in [1.54, 1.807) is 18.3 Å². The van der Waals surface area contributed by atoms with E-state index in [0.717, 1.165) is 16.0 Å². The summed E-state index contributed by atoms with van der Waals surface area (Å²) in [6, 6.07) is 20.4. The first-order valence-electron chi connectivity index (χ1n) is 9.58. The van der Waals surface area contributed by atoms with Crippen molar-refractivity contribution in [3.05, 3.63) is 93.7 Å². The number of thiophene rings is 1. The van der Waals surface area contributed by atoms with Crippen LogP contribution in [0.4, 0.5) is 4.79 Å². The maximum absolute atomic E-state index is 13.0. The third kappa shape index (κ3) is 5.53. The predicted molar refractivity (Wildman–Crippen MR) is 117 cm³/mol. The van der Waals surface area contributed by atoms with Crippen molar-refractivity contribution in [2.45, 2.75) is 25.9 Å². The number of carbonyl (C=O) groups excluding carboxylic acids is 2. The third-order valence-electron chi connectivity index (χ3n) is 4.54. The maximum atomic E-state index is 13.0. The number of amides is 3. The predicted octanol–water partition coefficient (Wildman–Crippen LogP) is 4.32. The van der Waals surface area contributed by atoms with E-state index >= 15 is 0 Å². The van der Waals surface area contributed by atoms with Gasteiger partial charge in [-0.3, -0.25) is 15.4 Å². The highest BCUT2D eigenvalue weighted by Gasteiger charge is 2.27. The second-order valence-electron chi connectivity index (χ2n) is 6.72. The van der Waals surface area contributed by atoms with Crippen molar-refractivity contribution in [2.24, 2.45) is 0 Å². The summed E-state index contributed by atoms with van der Waals surface area (Å²) < 4.78 is 0. The highest BCUT2D eigenvalue weighted by molar-refractivity contribution is 7.10. The van der Waals surface area contributed by atoms with Crippen LogP contribution in [-0.4, -0.2) is 18.5 Å². The first-order valence-corrected chi connectivity index (χ1v) is 10.5. The summed E-state index contributed by atoms with van der Waals surface area (Å²) in [6.07, 6.45) is 0. The third-order valence-corrected chi connectivity index (χ3v) is 5.48. The zero-order valence-corrected chi connectivity index (χ0v) is 17.3. The summed E-state index contributed by atoms with van der Waals surface area (Å²) in [4.78, 5) is 26.0. The monoisotopic (exact) mass is 407 g/mol. The van der Waals surface area contributed by atoms with Crippen LogP contribution < -0.4 is 16.0 Å². The topological polar surface area (TPSA) is 70.2 Å². The van der Waals surface area contributed by atoms with Gasteiger partial charge in [0.2, 0.25) is 5.91 Å². The normalized spacial score (nSPS) is 12.8. The van der Waals surface area contributed by atoms with E-state index in [2.05, 4.69) is 40.2 Å². The molecule has 2 atom stereocenters. The van der Waals surface area contributed by atoms with Crippen LogP contribution in [0.2, 0.25) is 0 Å². The molecule has 0 saturated carbocycles. The molecule has 29 heavy (non-hydrogen) atoms. The summed E-state index contributed by atoms with van der Waals surface area (Å²) in [5.74, 6) is -0.393. The van der Waals surface area contributed by atoms with E-state index < -0.39 is 18.0 Å². The summed E-state index contributed by atoms with van der Waals surface area (Å²) in [5, 5.41) is 10.5. The lowest BCUT2D eigenvalue weighted by molar-refractivity contribution is -0.122. The van der Waals surface area contributed by atoms with Gasteiger partial charge in [-0.2, -0.15) is 0 Å². The molecule has 6 heteroatoms. The number of urea groups is 1. The summed E-state index contributed by atoms with van der Waals surface area (Å²) in [6.45, 7) is 4.30. The van der Waals surface area contributed by atoms with Gasteiger partial charge >= 0.3 is 6.03 Å². The lowest BCUT2D eigenvalue weighted by atomic mass is 9.99. The molecule has 3 N–H and O–H groups in total. The molecule has 3 amide bonds. The van der Waals surface area contributed by atoms with Crippen LogP contribution in [0.25, 0.3) is 0 Å². The van der Waals surface area contributed by atoms with Gasteiger partial charge in [0.15, 0.2) is 0 Å². The fourth-order valence-corrected chi connectivity index (χ4v) is 3.89. The fourth-order valence-electron chi connectivity index (χ4n) is 3.08. The summed E-state index contributed by atoms with van der Waals surface area (Å²) in [5.41, 5.74) is 3.03. The minimum absolute atomic E-state index is 0.180. The molecule has 0 bridgehead atoms. The molecule has 150 valence electrons. The molecule has 2 aromatic carbocycles. The smallest absolute Gasteiger partial charge is 0.321 e. The molecule has 0 aliphatic rings. The van der Waals surface area contributed by atoms with Gasteiger partial charge in [0.25, 0.3) is 0 Å². The zero-order chi connectivity index (χ0) is 20.6. The Morgan fingerprint density at radius 1 is 0.931 bits per heavy atom. The number of carbonyl (C=O) groups is 2. The van der Waals surface area contributed by atoms with Gasteiger partial charge in [-0.25, -0.2) is 4.79 Å². The minimum atomic E-state index is -0.688. The van der Waals surface area contributed by atoms with Gasteiger partial charge in [0, 0.05) is 11.4 Å². The van der Waals surface area contributed by atoms with Crippen LogP contribution in [-0.2, 0) is 4.79 Å². The van der Waals surface area contributed by atoms with Gasteiger partial charge in [-0.1, -0.05) is 66.2 Å². The second kappa shape index (κ2) is 10.0. The van der Waals surface area contributed by atoms with Crippen molar-refractivity contribution in [1.29, 1.82) is 0 Å². The van der Waals surface area contributed by atoms with Gasteiger partial charge in [-0.05, 0) is 36.4 Å². The van der Waals surface area contributed by atoms with Gasteiger partial charge < -0.3 is 5.32 Å². The quantitative estimate of drug-likeness (QED) is 0.546. The van der Waals surface area contributed by atoms with Crippen molar-refractivity contribution < 1.29 is 9.59 Å². The van der Waals surface area contributed by atoms with Crippen LogP contribution in [0.3, 0.4) is 0 Å². The molecule has 0 fully saturated rings. The Bertz CT molecular complexity index is 925. The fraction of sp³-hybridized carbons (Fsp3) is 0.217. The first kappa shape index (κ1) is 20.8. The number of nitrogens with one attached hydrogen (secondary N) is 3. The molecule has 0 aliphatic carbocycles. The molecular formula is C23H25N3O2S. The molecule has 0 radical (unpaired) electrons. The average molecular weight is 408 g/mol. The minimum Gasteiger partial charge on any atom is -0.338 e. The number of hydrogen-bond donors (Lipinski definition) is 3. The number of aryl methyl sites for hydroxylation is 1. The Labute approximate surface area is 175 Å². The van der Waals surface area contributed by atoms with Crippen molar-refractivity contribution in [3.8, 4) is 0 Å². The van der Waals surface area contributed by atoms with Crippen LogP contribution in [0, 0.1) is 6.92 Å². The van der Waals surface area contributed by atoms with E-state index in [0.29, 0.717) is 6.54 Å². The number of hydrogen-bond acceptors (Lipinski definition) is 4. The van der Waals surface area contributed by atoms with Crippen LogP contribution in [0.1, 0.15) is 40.6 Å². The Morgan fingerprint density at radius 3 is 2.28 bits per heavy atom. The van der Waals surface area contributed by atoms with E-state index in [9.17, 15) is 9.59 Å². The Balaban J connectivity index is 1.93. The van der Waals surface area contributed by atoms with Gasteiger partial charge in [0.1, 0.15) is 6.04 Å². The molecule has 3 rings (SSSR count). The number of imide groups is 1. The van der Waals surface area contributed by atoms with Crippen LogP contribution in [0.15, 0.2) is 72.1 Å². The number of rotatable bonds is 7. The summed E-state index contributed by atoms with van der Waals surface area (Å²) >= 11 is 1.63. The molecule has 0 unspecified atom stereocenters. The molecule has 1 heterocycles. The van der Waals surface area contributed by atoms with E-state index in [-0.39, 0.29) is 6.04 Å². The van der Waals surface area contributed by atoms with Crippen molar-refractivity contribution in [3.63, 3.8) is 0 Å². The highest BCUT2D eigenvalue weighted by Crippen LogP contribution is 2.29. The van der Waals surface area contributed by atoms with Crippen molar-refractivity contribution in [1.82, 2.24) is 16.0 Å². The molecule has 5 nitrogen and oxygen atoms in total. The second-order valence-corrected chi connectivity index (χ2v) is 7.70. The molecule has 3 aromatic rings. The van der Waals surface area contributed by atoms with Crippen LogP contribution >= 0.6 is 11.3 Å². The average Bonchev–Trinajstić information content (AvgIpc) is 3.25. The first-order chi connectivity index (χ1) is 14.1. The lowest BCUT2D eigenvalue weighted by Crippen LogP contribution is -2.45.